The van der Waals surface area contributed by atoms with E-state index in [9.17, 15) is 4.79 Å². The molecule has 0 N–H and O–H groups in total. The van der Waals surface area contributed by atoms with E-state index < -0.39 is 0 Å². The Labute approximate surface area is 157 Å². The zero-order valence-electron chi connectivity index (χ0n) is 11.1. The second kappa shape index (κ2) is 7.96. The van der Waals surface area contributed by atoms with Crippen LogP contribution in [0.4, 0.5) is 0 Å². The Balaban J connectivity index is 0.00000220. The second-order valence-corrected chi connectivity index (χ2v) is 4.75. The van der Waals surface area contributed by atoms with Gasteiger partial charge in [-0.05, 0) is 17.2 Å². The number of hydrogen-bond donors (Lipinski definition) is 0. The van der Waals surface area contributed by atoms with E-state index in [4.69, 9.17) is 33.2 Å². The molecule has 4 nitrogen and oxygen atoms in total. The van der Waals surface area contributed by atoms with Gasteiger partial charge in [0.1, 0.15) is 11.8 Å². The van der Waals surface area contributed by atoms with Gasteiger partial charge in [-0.3, -0.25) is 4.79 Å². The summed E-state index contributed by atoms with van der Waals surface area (Å²) in [6.45, 7) is -0.0543. The average Bonchev–Trinajstić information content (AvgIpc) is 2.44. The molecule has 0 unspecified atom stereocenters. The third-order valence-electron chi connectivity index (χ3n) is 2.68. The van der Waals surface area contributed by atoms with Gasteiger partial charge >= 0.3 is 0 Å². The summed E-state index contributed by atoms with van der Waals surface area (Å²) in [4.78, 5) is 11.8. The fraction of sp³-hybridized carbons (Fsp3) is 0.143. The van der Waals surface area contributed by atoms with E-state index in [1.807, 2.05) is 6.07 Å². The van der Waals surface area contributed by atoms with Crippen molar-refractivity contribution in [2.75, 3.05) is 6.61 Å². The monoisotopic (exact) mass is 396 g/mol. The Morgan fingerprint density at radius 3 is 2.71 bits per heavy atom. The molecular weight excluding hydrogens is 388 g/mol. The minimum absolute atomic E-state index is 0. The summed E-state index contributed by atoms with van der Waals surface area (Å²) in [5, 5.41) is 8.95. The number of rotatable bonds is 3. The molecule has 1 heterocycles. The van der Waals surface area contributed by atoms with E-state index in [1.54, 1.807) is 25.2 Å². The van der Waals surface area contributed by atoms with Gasteiger partial charge in [0.15, 0.2) is 6.61 Å². The Morgan fingerprint density at radius 1 is 1.38 bits per heavy atom. The molecule has 2 rings (SSSR count). The summed E-state index contributed by atoms with van der Waals surface area (Å²) in [5.74, 6) is 0.485. The molecule has 105 valence electrons. The molecule has 7 heteroatoms. The van der Waals surface area contributed by atoms with Crippen molar-refractivity contribution >= 4 is 23.2 Å². The molecule has 0 amide bonds. The first-order valence-corrected chi connectivity index (χ1v) is 6.37. The van der Waals surface area contributed by atoms with Gasteiger partial charge in [0.25, 0.3) is 0 Å². The predicted molar refractivity (Wildman–Crippen MR) is 77.1 cm³/mol. The van der Waals surface area contributed by atoms with E-state index >= 15 is 0 Å². The van der Waals surface area contributed by atoms with Crippen molar-refractivity contribution < 1.29 is 37.4 Å². The fourth-order valence-corrected chi connectivity index (χ4v) is 2.15. The van der Waals surface area contributed by atoms with Crippen molar-refractivity contribution in [3.05, 3.63) is 50.7 Å². The Hall–Kier alpha value is -0.856. The van der Waals surface area contributed by atoms with Crippen LogP contribution >= 0.6 is 23.2 Å². The summed E-state index contributed by atoms with van der Waals surface area (Å²) < 4.78 is 6.53. The molecule has 2 aromatic rings. The van der Waals surface area contributed by atoms with Gasteiger partial charge in [-0.25, -0.2) is 0 Å². The Kier molecular flexibility index (Phi) is 6.89. The van der Waals surface area contributed by atoms with E-state index in [0.29, 0.717) is 22.0 Å². The van der Waals surface area contributed by atoms with Crippen molar-refractivity contribution in [2.45, 2.75) is 0 Å². The molecule has 0 saturated carbocycles. The van der Waals surface area contributed by atoms with Gasteiger partial charge in [0, 0.05) is 44.8 Å². The number of nitrogens with zero attached hydrogens (tertiary/aromatic N) is 2. The number of aromatic nitrogens is 1. The van der Waals surface area contributed by atoms with Crippen molar-refractivity contribution in [3.8, 4) is 23.1 Å². The Morgan fingerprint density at radius 2 is 2.10 bits per heavy atom. The van der Waals surface area contributed by atoms with Crippen LogP contribution in [-0.2, 0) is 39.8 Å². The normalized spacial score (nSPS) is 9.62. The van der Waals surface area contributed by atoms with E-state index in [1.165, 1.54) is 10.6 Å². The van der Waals surface area contributed by atoms with Crippen LogP contribution in [-0.4, -0.2) is 11.2 Å². The van der Waals surface area contributed by atoms with Crippen molar-refractivity contribution in [2.24, 2.45) is 7.05 Å². The number of ether oxygens (including phenoxy) is 1. The maximum atomic E-state index is 11.8. The number of pyridine rings is 1. The molecule has 0 spiro atoms. The first-order valence-electron chi connectivity index (χ1n) is 5.61. The summed E-state index contributed by atoms with van der Waals surface area (Å²) in [7, 11) is 1.59. The first kappa shape index (κ1) is 18.2. The van der Waals surface area contributed by atoms with Crippen molar-refractivity contribution in [3.63, 3.8) is 0 Å². The third-order valence-corrected chi connectivity index (χ3v) is 3.26. The van der Waals surface area contributed by atoms with Gasteiger partial charge in [0.2, 0.25) is 5.56 Å². The standard InChI is InChI=1S/C14H9Cl2N2O2.Y/c1-18-13(5-4-11(15)14(18)19)10-3-2-9(8-12(10)16)20-7-6-17;/h2-4,8H,7H2,1H3;/q-1;. The van der Waals surface area contributed by atoms with Gasteiger partial charge in [-0.15, -0.1) is 6.07 Å². The molecule has 1 aromatic carbocycles. The van der Waals surface area contributed by atoms with Gasteiger partial charge < -0.3 is 9.30 Å². The minimum Gasteiger partial charge on any atom is -0.479 e. The number of benzene rings is 1. The van der Waals surface area contributed by atoms with Crippen LogP contribution in [0, 0.1) is 17.4 Å². The van der Waals surface area contributed by atoms with Crippen molar-refractivity contribution in [1.29, 1.82) is 5.26 Å². The predicted octanol–water partition coefficient (Wildman–Crippen LogP) is 3.06. The molecule has 0 aliphatic carbocycles. The molecule has 1 radical (unpaired) electrons. The van der Waals surface area contributed by atoms with Gasteiger partial charge in [-0.1, -0.05) is 22.9 Å². The van der Waals surface area contributed by atoms with E-state index in [0.717, 1.165) is 0 Å². The molecule has 0 atom stereocenters. The first-order chi connectivity index (χ1) is 9.54. The molecule has 21 heavy (non-hydrogen) atoms. The molecule has 0 aliphatic rings. The van der Waals surface area contributed by atoms with Gasteiger partial charge in [-0.2, -0.15) is 29.0 Å². The smallest absolute Gasteiger partial charge is 0.212 e. The summed E-state index contributed by atoms with van der Waals surface area (Å²) >= 11 is 11.9. The zero-order valence-corrected chi connectivity index (χ0v) is 15.4. The van der Waals surface area contributed by atoms with Crippen LogP contribution < -0.4 is 10.3 Å². The number of nitriles is 1. The van der Waals surface area contributed by atoms with Crippen LogP contribution in [0.15, 0.2) is 29.1 Å². The number of hydrogen-bond acceptors (Lipinski definition) is 3. The zero-order chi connectivity index (χ0) is 14.7. The largest absolute Gasteiger partial charge is 0.479 e. The summed E-state index contributed by atoms with van der Waals surface area (Å²) in [5.41, 5.74) is 0.838. The van der Waals surface area contributed by atoms with Crippen LogP contribution in [0.3, 0.4) is 0 Å². The quantitative estimate of drug-likeness (QED) is 0.749. The minimum atomic E-state index is -0.318. The third kappa shape index (κ3) is 4.08. The molecule has 0 aliphatic heterocycles. The molecular formula is C14H9Cl2N2O2Y-. The summed E-state index contributed by atoms with van der Waals surface area (Å²) in [6.07, 6.45) is 0. The number of halogens is 2. The SMILES string of the molecule is Cn1c(-c2ccc(OCC#N)cc2Cl)[c-]cc(Cl)c1=O.[Y]. The van der Waals surface area contributed by atoms with E-state index in [-0.39, 0.29) is 49.9 Å². The maximum absolute atomic E-state index is 11.8. The topological polar surface area (TPSA) is 55.0 Å². The molecule has 1 aromatic heterocycles. The Bertz CT molecular complexity index is 754. The molecule has 0 fully saturated rings. The van der Waals surface area contributed by atoms with E-state index in [2.05, 4.69) is 6.07 Å². The van der Waals surface area contributed by atoms with Crippen LogP contribution in [0.25, 0.3) is 11.3 Å². The van der Waals surface area contributed by atoms with Crippen LogP contribution in [0.2, 0.25) is 10.0 Å². The average molecular weight is 397 g/mol. The maximum Gasteiger partial charge on any atom is 0.212 e. The van der Waals surface area contributed by atoms with Gasteiger partial charge in [0.05, 0.1) is 0 Å². The molecule has 0 bridgehead atoms. The second-order valence-electron chi connectivity index (χ2n) is 3.94. The molecule has 0 saturated heterocycles. The summed E-state index contributed by atoms with van der Waals surface area (Å²) in [6, 6.07) is 11.2. The fourth-order valence-electron chi connectivity index (χ4n) is 1.70. The van der Waals surface area contributed by atoms with Crippen LogP contribution in [0.5, 0.6) is 5.75 Å². The van der Waals surface area contributed by atoms with Crippen molar-refractivity contribution in [1.82, 2.24) is 4.57 Å². The van der Waals surface area contributed by atoms with Crippen LogP contribution in [0.1, 0.15) is 0 Å².